The van der Waals surface area contributed by atoms with Gasteiger partial charge in [0.15, 0.2) is 0 Å². The lowest BCUT2D eigenvalue weighted by Crippen LogP contribution is -1.91. The van der Waals surface area contributed by atoms with Gasteiger partial charge in [-0.2, -0.15) is 10.4 Å². The van der Waals surface area contributed by atoms with Gasteiger partial charge in [0.05, 0.1) is 17.8 Å². The topological polar surface area (TPSA) is 87.1 Å². The third-order valence-electron chi connectivity index (χ3n) is 3.13. The van der Waals surface area contributed by atoms with Crippen molar-refractivity contribution in [3.8, 4) is 17.2 Å². The maximum atomic E-state index is 8.85. The molecule has 0 radical (unpaired) electrons. The highest BCUT2D eigenvalue weighted by atomic mass is 32.1. The van der Waals surface area contributed by atoms with Crippen molar-refractivity contribution in [2.45, 2.75) is 0 Å². The predicted octanol–water partition coefficient (Wildman–Crippen LogP) is 3.71. The van der Waals surface area contributed by atoms with Crippen LogP contribution in [0.5, 0.6) is 0 Å². The van der Waals surface area contributed by atoms with Gasteiger partial charge in [0.1, 0.15) is 5.82 Å². The molecule has 0 fully saturated rings. The average Bonchev–Trinajstić information content (AvgIpc) is 3.00. The highest BCUT2D eigenvalue weighted by Crippen LogP contribution is 2.20. The average molecular weight is 319 g/mol. The molecule has 0 bridgehead atoms. The van der Waals surface area contributed by atoms with Gasteiger partial charge in [-0.3, -0.25) is 5.43 Å². The zero-order valence-corrected chi connectivity index (χ0v) is 12.9. The summed E-state index contributed by atoms with van der Waals surface area (Å²) in [5, 5.41) is 15.4. The van der Waals surface area contributed by atoms with Gasteiger partial charge in [-0.1, -0.05) is 30.3 Å². The molecular weight excluding hydrogens is 306 g/mol. The monoisotopic (exact) mass is 319 g/mol. The zero-order valence-electron chi connectivity index (χ0n) is 12.1. The number of hydrogen-bond acceptors (Lipinski definition) is 6. The molecule has 3 rings (SSSR count). The highest BCUT2D eigenvalue weighted by molar-refractivity contribution is 7.14. The summed E-state index contributed by atoms with van der Waals surface area (Å²) in [7, 11) is 0. The number of rotatable bonds is 4. The van der Waals surface area contributed by atoms with Crippen molar-refractivity contribution in [2.75, 3.05) is 11.2 Å². The van der Waals surface area contributed by atoms with Crippen LogP contribution in [-0.4, -0.2) is 11.2 Å². The summed E-state index contributed by atoms with van der Waals surface area (Å²) in [5.74, 6) is 0.482. The summed E-state index contributed by atoms with van der Waals surface area (Å²) in [5.41, 5.74) is 12.1. The normalized spacial score (nSPS) is 10.6. The largest absolute Gasteiger partial charge is 0.383 e. The molecule has 3 aromatic rings. The van der Waals surface area contributed by atoms with Crippen molar-refractivity contribution >= 4 is 28.5 Å². The van der Waals surface area contributed by atoms with E-state index in [1.54, 1.807) is 11.6 Å². The number of nitriles is 1. The number of nitrogens with one attached hydrogen (secondary N) is 1. The van der Waals surface area contributed by atoms with Gasteiger partial charge in [0, 0.05) is 5.38 Å². The lowest BCUT2D eigenvalue weighted by atomic mass is 10.0. The van der Waals surface area contributed by atoms with Gasteiger partial charge in [0.25, 0.3) is 0 Å². The molecule has 0 aliphatic rings. The fourth-order valence-corrected chi connectivity index (χ4v) is 2.58. The number of aromatic nitrogens is 1. The molecule has 23 heavy (non-hydrogen) atoms. The van der Waals surface area contributed by atoms with Crippen LogP contribution in [0.2, 0.25) is 0 Å². The minimum atomic E-state index is 0.482. The molecule has 0 spiro atoms. The van der Waals surface area contributed by atoms with Crippen molar-refractivity contribution < 1.29 is 0 Å². The molecular formula is C17H13N5S. The lowest BCUT2D eigenvalue weighted by molar-refractivity contribution is 1.29. The van der Waals surface area contributed by atoms with E-state index in [1.807, 2.05) is 48.5 Å². The van der Waals surface area contributed by atoms with E-state index in [-0.39, 0.29) is 0 Å². The fourth-order valence-electron chi connectivity index (χ4n) is 2.04. The first-order valence-corrected chi connectivity index (χ1v) is 7.73. The van der Waals surface area contributed by atoms with Crippen LogP contribution in [0.4, 0.5) is 10.9 Å². The number of anilines is 2. The first-order valence-electron chi connectivity index (χ1n) is 6.85. The predicted molar refractivity (Wildman–Crippen MR) is 94.3 cm³/mol. The number of hydrazone groups is 1. The molecule has 0 amide bonds. The van der Waals surface area contributed by atoms with Crippen molar-refractivity contribution in [2.24, 2.45) is 5.10 Å². The van der Waals surface area contributed by atoms with Crippen LogP contribution < -0.4 is 11.2 Å². The minimum absolute atomic E-state index is 0.482. The van der Waals surface area contributed by atoms with Gasteiger partial charge < -0.3 is 5.73 Å². The Kier molecular flexibility index (Phi) is 4.32. The number of benzene rings is 2. The Labute approximate surface area is 137 Å². The maximum Gasteiger partial charge on any atom is 0.205 e. The Morgan fingerprint density at radius 1 is 1.17 bits per heavy atom. The van der Waals surface area contributed by atoms with E-state index in [0.29, 0.717) is 16.5 Å². The van der Waals surface area contributed by atoms with Gasteiger partial charge in [0.2, 0.25) is 5.13 Å². The smallest absolute Gasteiger partial charge is 0.205 e. The van der Waals surface area contributed by atoms with Crippen LogP contribution in [-0.2, 0) is 0 Å². The SMILES string of the molecule is N#Cc1ccc(-c2cccc(C=NNc3nc(N)cs3)c2)cc1. The van der Waals surface area contributed by atoms with Crippen molar-refractivity contribution in [1.82, 2.24) is 4.98 Å². The number of nitrogens with zero attached hydrogens (tertiary/aromatic N) is 3. The van der Waals surface area contributed by atoms with Crippen LogP contribution in [0.25, 0.3) is 11.1 Å². The first-order chi connectivity index (χ1) is 11.2. The van der Waals surface area contributed by atoms with E-state index in [4.69, 9.17) is 11.0 Å². The Morgan fingerprint density at radius 3 is 2.70 bits per heavy atom. The second-order valence-corrected chi connectivity index (χ2v) is 5.62. The van der Waals surface area contributed by atoms with Gasteiger partial charge in [-0.25, -0.2) is 4.98 Å². The van der Waals surface area contributed by atoms with Gasteiger partial charge in [-0.15, -0.1) is 11.3 Å². The first kappa shape index (κ1) is 14.8. The molecule has 3 N–H and O–H groups in total. The van der Waals surface area contributed by atoms with Crippen molar-refractivity contribution in [3.05, 3.63) is 65.0 Å². The van der Waals surface area contributed by atoms with E-state index in [2.05, 4.69) is 21.6 Å². The summed E-state index contributed by atoms with van der Waals surface area (Å²) in [6, 6.07) is 17.6. The van der Waals surface area contributed by atoms with E-state index in [9.17, 15) is 0 Å². The highest BCUT2D eigenvalue weighted by Gasteiger charge is 1.99. The molecule has 1 heterocycles. The minimum Gasteiger partial charge on any atom is -0.383 e. The molecule has 0 aliphatic carbocycles. The number of thiazole rings is 1. The summed E-state index contributed by atoms with van der Waals surface area (Å²) >= 11 is 1.40. The summed E-state index contributed by atoms with van der Waals surface area (Å²) in [4.78, 5) is 4.07. The maximum absolute atomic E-state index is 8.85. The third-order valence-corrected chi connectivity index (χ3v) is 3.89. The Hall–Kier alpha value is -3.17. The quantitative estimate of drug-likeness (QED) is 0.567. The van der Waals surface area contributed by atoms with Crippen LogP contribution in [0.15, 0.2) is 59.0 Å². The molecule has 1 aromatic heterocycles. The summed E-state index contributed by atoms with van der Waals surface area (Å²) in [6.07, 6.45) is 1.73. The number of nitrogens with two attached hydrogens (primary N) is 1. The standard InChI is InChI=1S/C17H13N5S/c18-9-12-4-6-14(7-5-12)15-3-1-2-13(8-15)10-20-22-17-21-16(19)11-23-17/h1-8,10-11H,19H2,(H,21,22). The molecule has 0 unspecified atom stereocenters. The van der Waals surface area contributed by atoms with E-state index >= 15 is 0 Å². The fraction of sp³-hybridized carbons (Fsp3) is 0. The van der Waals surface area contributed by atoms with E-state index in [1.165, 1.54) is 11.3 Å². The van der Waals surface area contributed by atoms with Crippen LogP contribution in [0, 0.1) is 11.3 Å². The zero-order chi connectivity index (χ0) is 16.1. The summed E-state index contributed by atoms with van der Waals surface area (Å²) in [6.45, 7) is 0. The van der Waals surface area contributed by atoms with E-state index < -0.39 is 0 Å². The lowest BCUT2D eigenvalue weighted by Gasteiger charge is -2.03. The summed E-state index contributed by atoms with van der Waals surface area (Å²) < 4.78 is 0. The molecule has 0 saturated carbocycles. The Bertz CT molecular complexity index is 874. The Balaban J connectivity index is 1.75. The Morgan fingerprint density at radius 2 is 2.00 bits per heavy atom. The molecule has 0 aliphatic heterocycles. The van der Waals surface area contributed by atoms with Crippen LogP contribution >= 0.6 is 11.3 Å². The second kappa shape index (κ2) is 6.73. The molecule has 0 atom stereocenters. The molecule has 112 valence electrons. The van der Waals surface area contributed by atoms with Gasteiger partial charge in [-0.05, 0) is 34.9 Å². The molecule has 0 saturated heterocycles. The third kappa shape index (κ3) is 3.73. The van der Waals surface area contributed by atoms with Gasteiger partial charge >= 0.3 is 0 Å². The van der Waals surface area contributed by atoms with E-state index in [0.717, 1.165) is 16.7 Å². The molecule has 5 nitrogen and oxygen atoms in total. The molecule has 6 heteroatoms. The molecule has 2 aromatic carbocycles. The number of nitrogen functional groups attached to an aromatic ring is 1. The van der Waals surface area contributed by atoms with Crippen molar-refractivity contribution in [3.63, 3.8) is 0 Å². The number of hydrogen-bond donors (Lipinski definition) is 2. The van der Waals surface area contributed by atoms with Crippen molar-refractivity contribution in [1.29, 1.82) is 5.26 Å². The second-order valence-electron chi connectivity index (χ2n) is 4.76. The van der Waals surface area contributed by atoms with Crippen LogP contribution in [0.1, 0.15) is 11.1 Å². The van der Waals surface area contributed by atoms with Crippen LogP contribution in [0.3, 0.4) is 0 Å².